The smallest absolute Gasteiger partial charge is 0.305 e. The average molecular weight is 961 g/mol. The fraction of sp³-hybridized carbons (Fsp3) is 0.935. The van der Waals surface area contributed by atoms with E-state index < -0.39 is 12.1 Å². The minimum atomic E-state index is -0.670. The lowest BCUT2D eigenvalue weighted by molar-refractivity contribution is -0.143. The number of ether oxygens (including phenoxy) is 1. The van der Waals surface area contributed by atoms with Crippen LogP contribution >= 0.6 is 0 Å². The van der Waals surface area contributed by atoms with Gasteiger partial charge in [-0.15, -0.1) is 0 Å². The van der Waals surface area contributed by atoms with Crippen LogP contribution in [0.25, 0.3) is 0 Å². The van der Waals surface area contributed by atoms with E-state index in [-0.39, 0.29) is 18.5 Å². The Morgan fingerprint density at radius 3 is 1.07 bits per heavy atom. The van der Waals surface area contributed by atoms with Gasteiger partial charge >= 0.3 is 5.97 Å². The van der Waals surface area contributed by atoms with Gasteiger partial charge in [0.2, 0.25) is 5.91 Å². The lowest BCUT2D eigenvalue weighted by Gasteiger charge is -2.22. The third-order valence-corrected chi connectivity index (χ3v) is 14.6. The first kappa shape index (κ1) is 66.6. The largest absolute Gasteiger partial charge is 0.466 e. The maximum atomic E-state index is 12.5. The van der Waals surface area contributed by atoms with E-state index in [0.29, 0.717) is 25.9 Å². The number of allylic oxidation sites excluding steroid dienone is 2. The van der Waals surface area contributed by atoms with Gasteiger partial charge in [0, 0.05) is 12.8 Å². The van der Waals surface area contributed by atoms with E-state index in [1.807, 2.05) is 0 Å². The summed E-state index contributed by atoms with van der Waals surface area (Å²) in [4.78, 5) is 24.5. The third kappa shape index (κ3) is 53.9. The molecule has 0 heterocycles. The number of hydrogen-bond donors (Lipinski definition) is 3. The fourth-order valence-electron chi connectivity index (χ4n) is 9.81. The third-order valence-electron chi connectivity index (χ3n) is 14.6. The molecule has 6 nitrogen and oxygen atoms in total. The van der Waals surface area contributed by atoms with Gasteiger partial charge in [0.05, 0.1) is 25.4 Å². The van der Waals surface area contributed by atoms with Crippen molar-refractivity contribution in [2.75, 3.05) is 13.2 Å². The van der Waals surface area contributed by atoms with Crippen molar-refractivity contribution in [2.45, 2.75) is 360 Å². The van der Waals surface area contributed by atoms with Crippen molar-refractivity contribution >= 4 is 11.9 Å². The molecule has 3 N–H and O–H groups in total. The van der Waals surface area contributed by atoms with Crippen LogP contribution in [0.2, 0.25) is 0 Å². The first-order chi connectivity index (χ1) is 33.5. The molecular weight excluding hydrogens is 839 g/mol. The summed E-state index contributed by atoms with van der Waals surface area (Å²) < 4.78 is 5.46. The van der Waals surface area contributed by atoms with Gasteiger partial charge in [0.1, 0.15) is 0 Å². The van der Waals surface area contributed by atoms with Crippen molar-refractivity contribution in [3.05, 3.63) is 12.2 Å². The molecule has 0 aliphatic carbocycles. The van der Waals surface area contributed by atoms with Crippen molar-refractivity contribution in [3.8, 4) is 0 Å². The van der Waals surface area contributed by atoms with Crippen molar-refractivity contribution in [1.29, 1.82) is 0 Å². The SMILES string of the molecule is CCCCC/C=C\CCCCCCCC(=O)OCCCCCCCCCCCCCCCCCCC(=O)NC(CO)C(O)CCCCCCCCCCCCCCCCCCCCCCCCC. The second kappa shape index (κ2) is 58.2. The van der Waals surface area contributed by atoms with Crippen LogP contribution in [-0.4, -0.2) is 47.4 Å². The van der Waals surface area contributed by atoms with Crippen molar-refractivity contribution in [2.24, 2.45) is 0 Å². The van der Waals surface area contributed by atoms with Gasteiger partial charge in [-0.05, 0) is 51.4 Å². The van der Waals surface area contributed by atoms with Crippen LogP contribution in [0.3, 0.4) is 0 Å². The molecule has 6 heteroatoms. The summed E-state index contributed by atoms with van der Waals surface area (Å²) in [5.41, 5.74) is 0. The van der Waals surface area contributed by atoms with E-state index in [9.17, 15) is 19.8 Å². The number of esters is 1. The van der Waals surface area contributed by atoms with E-state index >= 15 is 0 Å². The summed E-state index contributed by atoms with van der Waals surface area (Å²) in [6.07, 6.45) is 69.3. The average Bonchev–Trinajstić information content (AvgIpc) is 3.34. The minimum absolute atomic E-state index is 0.00584. The lowest BCUT2D eigenvalue weighted by Crippen LogP contribution is -2.45. The maximum absolute atomic E-state index is 12.5. The van der Waals surface area contributed by atoms with Gasteiger partial charge < -0.3 is 20.3 Å². The number of carbonyl (C=O) groups is 2. The Hall–Kier alpha value is -1.40. The molecule has 0 aromatic heterocycles. The topological polar surface area (TPSA) is 95.9 Å². The second-order valence-corrected chi connectivity index (χ2v) is 21.4. The molecule has 0 radical (unpaired) electrons. The number of rotatable bonds is 58. The molecule has 0 fully saturated rings. The first-order valence-corrected chi connectivity index (χ1v) is 30.9. The molecule has 0 aliphatic heterocycles. The first-order valence-electron chi connectivity index (χ1n) is 30.9. The molecule has 0 rings (SSSR count). The predicted octanol–water partition coefficient (Wildman–Crippen LogP) is 19.2. The Labute approximate surface area is 425 Å². The van der Waals surface area contributed by atoms with E-state index in [0.717, 1.165) is 44.9 Å². The molecule has 2 unspecified atom stereocenters. The number of carbonyl (C=O) groups excluding carboxylic acids is 2. The maximum Gasteiger partial charge on any atom is 0.305 e. The molecular formula is C62H121NO5. The highest BCUT2D eigenvalue weighted by molar-refractivity contribution is 5.76. The Morgan fingerprint density at radius 2 is 0.691 bits per heavy atom. The van der Waals surface area contributed by atoms with E-state index in [1.165, 1.54) is 270 Å². The zero-order chi connectivity index (χ0) is 49.3. The predicted molar refractivity (Wildman–Crippen MR) is 297 cm³/mol. The Kier molecular flexibility index (Phi) is 57.0. The van der Waals surface area contributed by atoms with E-state index in [2.05, 4.69) is 31.3 Å². The van der Waals surface area contributed by atoms with Crippen molar-refractivity contribution < 1.29 is 24.5 Å². The number of aliphatic hydroxyl groups excluding tert-OH is 2. The van der Waals surface area contributed by atoms with Crippen LogP contribution in [0.15, 0.2) is 12.2 Å². The molecule has 0 saturated carbocycles. The number of aliphatic hydroxyl groups is 2. The van der Waals surface area contributed by atoms with Crippen LogP contribution in [0, 0.1) is 0 Å². The lowest BCUT2D eigenvalue weighted by atomic mass is 10.0. The Morgan fingerprint density at radius 1 is 0.397 bits per heavy atom. The monoisotopic (exact) mass is 960 g/mol. The summed E-state index contributed by atoms with van der Waals surface area (Å²) in [5.74, 6) is -0.0437. The molecule has 0 bridgehead atoms. The highest BCUT2D eigenvalue weighted by Crippen LogP contribution is 2.18. The normalized spacial score (nSPS) is 12.6. The van der Waals surface area contributed by atoms with Crippen LogP contribution in [0.5, 0.6) is 0 Å². The summed E-state index contributed by atoms with van der Waals surface area (Å²) in [5, 5.41) is 23.4. The number of hydrogen-bond acceptors (Lipinski definition) is 5. The number of nitrogens with one attached hydrogen (secondary N) is 1. The standard InChI is InChI=1S/C62H121NO5/c1-3-5-7-9-11-13-15-17-18-19-20-21-22-23-24-25-28-31-34-38-42-46-50-54-60(65)59(58-64)63-61(66)55-51-47-43-39-35-32-29-26-27-30-33-37-41-45-49-53-57-68-62(67)56-52-48-44-40-36-16-14-12-10-8-6-4-2/h12,14,59-60,64-65H,3-11,13,15-58H2,1-2H3,(H,63,66)/b14-12-. The molecule has 0 spiro atoms. The second-order valence-electron chi connectivity index (χ2n) is 21.4. The van der Waals surface area contributed by atoms with Crippen LogP contribution in [0.4, 0.5) is 0 Å². The van der Waals surface area contributed by atoms with Gasteiger partial charge in [0.25, 0.3) is 0 Å². The molecule has 68 heavy (non-hydrogen) atoms. The fourth-order valence-corrected chi connectivity index (χ4v) is 9.81. The number of unbranched alkanes of at least 4 members (excludes halogenated alkanes) is 45. The molecule has 0 aromatic rings. The zero-order valence-corrected chi connectivity index (χ0v) is 46.1. The van der Waals surface area contributed by atoms with Crippen molar-refractivity contribution in [1.82, 2.24) is 5.32 Å². The highest BCUT2D eigenvalue weighted by Gasteiger charge is 2.20. The Bertz CT molecular complexity index is 1020. The highest BCUT2D eigenvalue weighted by atomic mass is 16.5. The van der Waals surface area contributed by atoms with Gasteiger partial charge in [-0.2, -0.15) is 0 Å². The molecule has 0 aromatic carbocycles. The molecule has 0 aliphatic rings. The molecule has 1 amide bonds. The van der Waals surface area contributed by atoms with Gasteiger partial charge in [-0.3, -0.25) is 9.59 Å². The van der Waals surface area contributed by atoms with E-state index in [1.54, 1.807) is 0 Å². The van der Waals surface area contributed by atoms with E-state index in [4.69, 9.17) is 4.74 Å². The summed E-state index contributed by atoms with van der Waals surface area (Å²) in [6.45, 7) is 4.94. The van der Waals surface area contributed by atoms with Gasteiger partial charge in [0.15, 0.2) is 0 Å². The summed E-state index contributed by atoms with van der Waals surface area (Å²) in [6, 6.07) is -0.547. The van der Waals surface area contributed by atoms with Crippen LogP contribution in [0.1, 0.15) is 348 Å². The minimum Gasteiger partial charge on any atom is -0.466 e. The molecule has 404 valence electrons. The van der Waals surface area contributed by atoms with Crippen LogP contribution < -0.4 is 5.32 Å². The van der Waals surface area contributed by atoms with Gasteiger partial charge in [-0.25, -0.2) is 0 Å². The zero-order valence-electron chi connectivity index (χ0n) is 46.1. The summed E-state index contributed by atoms with van der Waals surface area (Å²) in [7, 11) is 0. The number of amides is 1. The molecule has 0 saturated heterocycles. The molecule has 2 atom stereocenters. The quantitative estimate of drug-likeness (QED) is 0.0321. The van der Waals surface area contributed by atoms with Gasteiger partial charge in [-0.1, -0.05) is 296 Å². The van der Waals surface area contributed by atoms with Crippen LogP contribution in [-0.2, 0) is 14.3 Å². The Balaban J connectivity index is 3.42. The van der Waals surface area contributed by atoms with Crippen molar-refractivity contribution in [3.63, 3.8) is 0 Å². The summed E-state index contributed by atoms with van der Waals surface area (Å²) >= 11 is 0.